The minimum Gasteiger partial charge on any atom is -0.341 e. The number of unbranched alkanes of at least 4 members (excludes halogenated alkanes) is 2. The van der Waals surface area contributed by atoms with Crippen LogP contribution in [0.1, 0.15) is 29.6 Å². The highest BCUT2D eigenvalue weighted by molar-refractivity contribution is 6.31. The van der Waals surface area contributed by atoms with E-state index in [4.69, 9.17) is 23.2 Å². The van der Waals surface area contributed by atoms with E-state index in [1.807, 2.05) is 0 Å². The molecular weight excluding hydrogens is 303 g/mol. The Morgan fingerprint density at radius 2 is 2.05 bits per heavy atom. The standard InChI is InChI=1S/C13H16Cl2N2O3/c1-16(8-4-2-3-7-14)13(18)11-6-5-10(15)9-12(11)17(19)20/h5-6,9H,2-4,7-8H2,1H3. The largest absolute Gasteiger partial charge is 0.341 e. The molecule has 0 bridgehead atoms. The van der Waals surface area contributed by atoms with Gasteiger partial charge in [0.25, 0.3) is 11.6 Å². The summed E-state index contributed by atoms with van der Waals surface area (Å²) < 4.78 is 0. The Kier molecular flexibility index (Phi) is 6.75. The molecule has 0 fully saturated rings. The van der Waals surface area contributed by atoms with Crippen LogP contribution >= 0.6 is 23.2 Å². The first-order valence-electron chi connectivity index (χ1n) is 6.22. The number of carbonyl (C=O) groups excluding carboxylic acids is 1. The third kappa shape index (κ3) is 4.65. The molecule has 0 unspecified atom stereocenters. The maximum Gasteiger partial charge on any atom is 0.283 e. The van der Waals surface area contributed by atoms with E-state index in [1.165, 1.54) is 23.1 Å². The van der Waals surface area contributed by atoms with Gasteiger partial charge in [0.1, 0.15) is 5.56 Å². The van der Waals surface area contributed by atoms with Gasteiger partial charge in [-0.15, -0.1) is 11.6 Å². The SMILES string of the molecule is CN(CCCCCCl)C(=O)c1ccc(Cl)cc1[N+](=O)[O-]. The van der Waals surface area contributed by atoms with Crippen LogP contribution in [0.5, 0.6) is 0 Å². The normalized spacial score (nSPS) is 10.3. The lowest BCUT2D eigenvalue weighted by molar-refractivity contribution is -0.385. The highest BCUT2D eigenvalue weighted by Gasteiger charge is 2.22. The molecule has 0 aliphatic carbocycles. The number of nitro groups is 1. The van der Waals surface area contributed by atoms with Gasteiger partial charge in [-0.1, -0.05) is 18.0 Å². The number of benzene rings is 1. The molecule has 1 amide bonds. The number of amides is 1. The monoisotopic (exact) mass is 318 g/mol. The van der Waals surface area contributed by atoms with Crippen molar-refractivity contribution in [1.82, 2.24) is 4.90 Å². The van der Waals surface area contributed by atoms with Gasteiger partial charge in [0.2, 0.25) is 0 Å². The predicted molar refractivity (Wildman–Crippen MR) is 79.6 cm³/mol. The number of carbonyl (C=O) groups is 1. The average molecular weight is 319 g/mol. The minimum atomic E-state index is -0.597. The molecule has 20 heavy (non-hydrogen) atoms. The van der Waals surface area contributed by atoms with Crippen LogP contribution in [0, 0.1) is 10.1 Å². The third-order valence-electron chi connectivity index (χ3n) is 2.86. The van der Waals surface area contributed by atoms with Gasteiger partial charge in [0, 0.05) is 30.6 Å². The summed E-state index contributed by atoms with van der Waals surface area (Å²) in [6, 6.07) is 4.05. The van der Waals surface area contributed by atoms with E-state index >= 15 is 0 Å². The van der Waals surface area contributed by atoms with Crippen molar-refractivity contribution in [3.05, 3.63) is 38.9 Å². The van der Waals surface area contributed by atoms with Gasteiger partial charge < -0.3 is 4.90 Å². The maximum absolute atomic E-state index is 12.2. The average Bonchev–Trinajstić information content (AvgIpc) is 2.42. The lowest BCUT2D eigenvalue weighted by atomic mass is 10.1. The Labute approximate surface area is 127 Å². The highest BCUT2D eigenvalue weighted by Crippen LogP contribution is 2.24. The van der Waals surface area contributed by atoms with Gasteiger partial charge in [0.05, 0.1) is 4.92 Å². The Bertz CT molecular complexity index is 495. The maximum atomic E-state index is 12.2. The first-order chi connectivity index (χ1) is 9.47. The van der Waals surface area contributed by atoms with Crippen LogP contribution in [-0.4, -0.2) is 35.2 Å². The molecule has 0 saturated carbocycles. The van der Waals surface area contributed by atoms with E-state index in [2.05, 4.69) is 0 Å². The number of rotatable bonds is 7. The van der Waals surface area contributed by atoms with Crippen molar-refractivity contribution in [3.8, 4) is 0 Å². The van der Waals surface area contributed by atoms with Crippen LogP contribution in [0.15, 0.2) is 18.2 Å². The number of nitrogens with zero attached hydrogens (tertiary/aromatic N) is 2. The van der Waals surface area contributed by atoms with Crippen LogP contribution in [-0.2, 0) is 0 Å². The lowest BCUT2D eigenvalue weighted by Gasteiger charge is -2.17. The van der Waals surface area contributed by atoms with Crippen molar-refractivity contribution in [2.75, 3.05) is 19.5 Å². The van der Waals surface area contributed by atoms with Gasteiger partial charge in [-0.05, 0) is 25.0 Å². The van der Waals surface area contributed by atoms with Gasteiger partial charge in [-0.25, -0.2) is 0 Å². The molecule has 0 atom stereocenters. The van der Waals surface area contributed by atoms with E-state index in [0.29, 0.717) is 12.4 Å². The van der Waals surface area contributed by atoms with Gasteiger partial charge >= 0.3 is 0 Å². The number of hydrogen-bond acceptors (Lipinski definition) is 3. The topological polar surface area (TPSA) is 63.5 Å². The van der Waals surface area contributed by atoms with Crippen LogP contribution in [0.4, 0.5) is 5.69 Å². The summed E-state index contributed by atoms with van der Waals surface area (Å²) in [5.41, 5.74) is -0.214. The van der Waals surface area contributed by atoms with Crippen LogP contribution in [0.3, 0.4) is 0 Å². The quantitative estimate of drug-likeness (QED) is 0.333. The van der Waals surface area contributed by atoms with E-state index in [-0.39, 0.29) is 22.2 Å². The van der Waals surface area contributed by atoms with Crippen LogP contribution in [0.25, 0.3) is 0 Å². The Morgan fingerprint density at radius 1 is 1.35 bits per heavy atom. The smallest absolute Gasteiger partial charge is 0.283 e. The molecule has 0 aromatic heterocycles. The second-order valence-electron chi connectivity index (χ2n) is 4.39. The summed E-state index contributed by atoms with van der Waals surface area (Å²) in [5, 5.41) is 11.2. The van der Waals surface area contributed by atoms with Crippen molar-refractivity contribution in [3.63, 3.8) is 0 Å². The zero-order chi connectivity index (χ0) is 15.1. The molecule has 110 valence electrons. The summed E-state index contributed by atoms with van der Waals surface area (Å²) in [4.78, 5) is 24.0. The van der Waals surface area contributed by atoms with E-state index in [9.17, 15) is 14.9 Å². The van der Waals surface area contributed by atoms with E-state index in [1.54, 1.807) is 7.05 Å². The summed E-state index contributed by atoms with van der Waals surface area (Å²) in [6.07, 6.45) is 2.63. The molecule has 7 heteroatoms. The summed E-state index contributed by atoms with van der Waals surface area (Å²) in [7, 11) is 1.63. The number of halogens is 2. The summed E-state index contributed by atoms with van der Waals surface area (Å²) >= 11 is 11.3. The molecule has 0 heterocycles. The fourth-order valence-electron chi connectivity index (χ4n) is 1.76. The zero-order valence-electron chi connectivity index (χ0n) is 11.1. The molecular formula is C13H16Cl2N2O3. The summed E-state index contributed by atoms with van der Waals surface area (Å²) in [5.74, 6) is 0.222. The van der Waals surface area contributed by atoms with Gasteiger partial charge in [-0.3, -0.25) is 14.9 Å². The molecule has 0 aliphatic rings. The van der Waals surface area contributed by atoms with Crippen molar-refractivity contribution >= 4 is 34.8 Å². The van der Waals surface area contributed by atoms with Crippen molar-refractivity contribution in [2.45, 2.75) is 19.3 Å². The fourth-order valence-corrected chi connectivity index (χ4v) is 2.12. The molecule has 1 rings (SSSR count). The predicted octanol–water partition coefficient (Wildman–Crippen LogP) is 3.73. The minimum absolute atomic E-state index is 0.0549. The molecule has 1 aromatic carbocycles. The molecule has 1 aromatic rings. The molecule has 0 saturated heterocycles. The Hall–Kier alpha value is -1.33. The first kappa shape index (κ1) is 16.7. The van der Waals surface area contributed by atoms with Gasteiger partial charge in [0.15, 0.2) is 0 Å². The molecule has 0 aliphatic heterocycles. The fraction of sp³-hybridized carbons (Fsp3) is 0.462. The highest BCUT2D eigenvalue weighted by atomic mass is 35.5. The van der Waals surface area contributed by atoms with E-state index in [0.717, 1.165) is 19.3 Å². The Morgan fingerprint density at radius 3 is 2.65 bits per heavy atom. The zero-order valence-corrected chi connectivity index (χ0v) is 12.7. The Balaban J connectivity index is 2.78. The lowest BCUT2D eigenvalue weighted by Crippen LogP contribution is -2.28. The number of nitro benzene ring substituents is 1. The van der Waals surface area contributed by atoms with E-state index < -0.39 is 4.92 Å². The second kappa shape index (κ2) is 8.07. The summed E-state index contributed by atoms with van der Waals surface area (Å²) in [6.45, 7) is 0.537. The van der Waals surface area contributed by atoms with Crippen molar-refractivity contribution in [2.24, 2.45) is 0 Å². The molecule has 0 spiro atoms. The second-order valence-corrected chi connectivity index (χ2v) is 5.21. The molecule has 5 nitrogen and oxygen atoms in total. The third-order valence-corrected chi connectivity index (χ3v) is 3.36. The number of alkyl halides is 1. The van der Waals surface area contributed by atoms with Crippen LogP contribution in [0.2, 0.25) is 5.02 Å². The van der Waals surface area contributed by atoms with Gasteiger partial charge in [-0.2, -0.15) is 0 Å². The van der Waals surface area contributed by atoms with Crippen LogP contribution < -0.4 is 0 Å². The molecule has 0 N–H and O–H groups in total. The number of hydrogen-bond donors (Lipinski definition) is 0. The van der Waals surface area contributed by atoms with Crippen molar-refractivity contribution < 1.29 is 9.72 Å². The molecule has 0 radical (unpaired) electrons. The first-order valence-corrected chi connectivity index (χ1v) is 7.14. The van der Waals surface area contributed by atoms with Crippen molar-refractivity contribution in [1.29, 1.82) is 0 Å².